The third-order valence-corrected chi connectivity index (χ3v) is 4.15. The van der Waals surface area contributed by atoms with E-state index in [1.54, 1.807) is 6.92 Å². The van der Waals surface area contributed by atoms with Crippen molar-refractivity contribution in [2.24, 2.45) is 0 Å². The molecular weight excluding hydrogens is 264 g/mol. The lowest BCUT2D eigenvalue weighted by Gasteiger charge is -2.17. The maximum atomic E-state index is 11.4. The van der Waals surface area contributed by atoms with Crippen molar-refractivity contribution in [1.82, 2.24) is 4.98 Å². The molecule has 1 N–H and O–H groups in total. The van der Waals surface area contributed by atoms with Crippen molar-refractivity contribution < 1.29 is 14.6 Å². The van der Waals surface area contributed by atoms with E-state index in [1.807, 2.05) is 4.90 Å². The summed E-state index contributed by atoms with van der Waals surface area (Å²) in [4.78, 5) is 17.7. The Bertz CT molecular complexity index is 447. The molecule has 0 aliphatic carbocycles. The second kappa shape index (κ2) is 4.44. The molecule has 1 fully saturated rings. The van der Waals surface area contributed by atoms with Crippen LogP contribution in [-0.4, -0.2) is 41.9 Å². The number of esters is 1. The summed E-state index contributed by atoms with van der Waals surface area (Å²) in [6, 6.07) is 0. The van der Waals surface area contributed by atoms with Gasteiger partial charge < -0.3 is 14.7 Å². The van der Waals surface area contributed by atoms with Crippen molar-refractivity contribution in [3.05, 3.63) is 10.0 Å². The van der Waals surface area contributed by atoms with E-state index >= 15 is 0 Å². The van der Waals surface area contributed by atoms with Crippen molar-refractivity contribution in [1.29, 1.82) is 0 Å². The van der Waals surface area contributed by atoms with Crippen LogP contribution in [0.15, 0.2) is 0 Å². The molecule has 0 radical (unpaired) electrons. The molecule has 1 aliphatic rings. The number of ether oxygens (including phenoxy) is 1. The molecule has 0 bridgehead atoms. The smallest absolute Gasteiger partial charge is 0.351 e. The van der Waals surface area contributed by atoms with E-state index in [4.69, 9.17) is 11.6 Å². The van der Waals surface area contributed by atoms with Gasteiger partial charge >= 0.3 is 5.97 Å². The first-order valence-electron chi connectivity index (χ1n) is 5.15. The highest BCUT2D eigenvalue weighted by Gasteiger charge is 2.33. The highest BCUT2D eigenvalue weighted by Crippen LogP contribution is 2.34. The standard InChI is InChI=1S/C10H13ClN2O3S/c1-10(15)3-4-13(5-10)9-12-7(11)6(17-9)8(14)16-2/h15H,3-5H2,1-2H3. The fourth-order valence-corrected chi connectivity index (χ4v) is 2.98. The average molecular weight is 277 g/mol. The lowest BCUT2D eigenvalue weighted by atomic mass is 10.1. The van der Waals surface area contributed by atoms with Gasteiger partial charge in [0.05, 0.1) is 12.7 Å². The summed E-state index contributed by atoms with van der Waals surface area (Å²) in [7, 11) is 1.30. The van der Waals surface area contributed by atoms with Gasteiger partial charge in [0, 0.05) is 13.1 Å². The van der Waals surface area contributed by atoms with Crippen molar-refractivity contribution in [2.75, 3.05) is 25.1 Å². The van der Waals surface area contributed by atoms with E-state index in [2.05, 4.69) is 9.72 Å². The summed E-state index contributed by atoms with van der Waals surface area (Å²) in [6.07, 6.45) is 0.678. The summed E-state index contributed by atoms with van der Waals surface area (Å²) in [5, 5.41) is 10.7. The molecule has 7 heteroatoms. The third kappa shape index (κ3) is 2.53. The highest BCUT2D eigenvalue weighted by molar-refractivity contribution is 7.18. The van der Waals surface area contributed by atoms with Crippen LogP contribution in [0.25, 0.3) is 0 Å². The number of hydrogen-bond acceptors (Lipinski definition) is 6. The number of carbonyl (C=O) groups excluding carboxylic acids is 1. The second-order valence-electron chi connectivity index (χ2n) is 4.28. The largest absolute Gasteiger partial charge is 0.465 e. The number of hydrogen-bond donors (Lipinski definition) is 1. The number of carbonyl (C=O) groups is 1. The molecular formula is C10H13ClN2O3S. The molecule has 1 unspecified atom stereocenters. The van der Waals surface area contributed by atoms with E-state index in [1.165, 1.54) is 18.4 Å². The highest BCUT2D eigenvalue weighted by atomic mass is 35.5. The zero-order valence-corrected chi connectivity index (χ0v) is 11.1. The first kappa shape index (κ1) is 12.6. The number of aromatic nitrogens is 1. The molecule has 1 saturated heterocycles. The Labute approximate surface area is 108 Å². The van der Waals surface area contributed by atoms with Gasteiger partial charge in [0.25, 0.3) is 0 Å². The first-order valence-corrected chi connectivity index (χ1v) is 6.34. The second-order valence-corrected chi connectivity index (χ2v) is 5.61. The molecule has 5 nitrogen and oxygen atoms in total. The molecule has 1 atom stereocenters. The Morgan fingerprint density at radius 3 is 2.94 bits per heavy atom. The number of thiazole rings is 1. The minimum absolute atomic E-state index is 0.156. The van der Waals surface area contributed by atoms with Gasteiger partial charge in [-0.25, -0.2) is 9.78 Å². The number of anilines is 1. The Kier molecular flexibility index (Phi) is 3.29. The van der Waals surface area contributed by atoms with Gasteiger partial charge in [-0.2, -0.15) is 0 Å². The van der Waals surface area contributed by atoms with Crippen LogP contribution in [0.1, 0.15) is 23.0 Å². The molecule has 2 heterocycles. The van der Waals surface area contributed by atoms with Crippen molar-refractivity contribution in [3.63, 3.8) is 0 Å². The van der Waals surface area contributed by atoms with Crippen LogP contribution in [0.5, 0.6) is 0 Å². The number of aliphatic hydroxyl groups is 1. The SMILES string of the molecule is COC(=O)c1sc(N2CCC(C)(O)C2)nc1Cl. The van der Waals surface area contributed by atoms with Crippen LogP contribution in [0.4, 0.5) is 5.13 Å². The normalized spacial score (nSPS) is 24.1. The predicted octanol–water partition coefficient (Wildman–Crippen LogP) is 1.54. The van der Waals surface area contributed by atoms with Crippen molar-refractivity contribution in [3.8, 4) is 0 Å². The number of methoxy groups -OCH3 is 1. The summed E-state index contributed by atoms with van der Waals surface area (Å²) in [5.74, 6) is -0.482. The topological polar surface area (TPSA) is 62.7 Å². The minimum atomic E-state index is -0.705. The van der Waals surface area contributed by atoms with Crippen LogP contribution >= 0.6 is 22.9 Å². The molecule has 0 amide bonds. The lowest BCUT2D eigenvalue weighted by molar-refractivity contribution is 0.0606. The summed E-state index contributed by atoms with van der Waals surface area (Å²) >= 11 is 7.06. The zero-order valence-electron chi connectivity index (χ0n) is 9.57. The van der Waals surface area contributed by atoms with Crippen molar-refractivity contribution >= 4 is 34.0 Å². The first-order chi connectivity index (χ1) is 7.93. The Morgan fingerprint density at radius 1 is 1.71 bits per heavy atom. The molecule has 0 aromatic carbocycles. The Hall–Kier alpha value is -0.850. The molecule has 17 heavy (non-hydrogen) atoms. The summed E-state index contributed by atoms with van der Waals surface area (Å²) in [5.41, 5.74) is -0.705. The monoisotopic (exact) mass is 276 g/mol. The van der Waals surface area contributed by atoms with E-state index in [9.17, 15) is 9.90 Å². The Balaban J connectivity index is 2.21. The van der Waals surface area contributed by atoms with E-state index in [0.29, 0.717) is 29.5 Å². The minimum Gasteiger partial charge on any atom is -0.465 e. The molecule has 0 saturated carbocycles. The Morgan fingerprint density at radius 2 is 2.41 bits per heavy atom. The van der Waals surface area contributed by atoms with E-state index in [0.717, 1.165) is 0 Å². The van der Waals surface area contributed by atoms with Gasteiger partial charge in [-0.15, -0.1) is 0 Å². The molecule has 1 aliphatic heterocycles. The fourth-order valence-electron chi connectivity index (χ4n) is 1.75. The number of nitrogens with zero attached hydrogens (tertiary/aromatic N) is 2. The van der Waals surface area contributed by atoms with Gasteiger partial charge in [0.1, 0.15) is 0 Å². The predicted molar refractivity (Wildman–Crippen MR) is 65.9 cm³/mol. The zero-order chi connectivity index (χ0) is 12.6. The number of rotatable bonds is 2. The van der Waals surface area contributed by atoms with Crippen molar-refractivity contribution in [2.45, 2.75) is 18.9 Å². The summed E-state index contributed by atoms with van der Waals surface area (Å²) in [6.45, 7) is 2.98. The molecule has 2 rings (SSSR count). The van der Waals surface area contributed by atoms with Crippen LogP contribution in [-0.2, 0) is 4.74 Å². The molecule has 94 valence electrons. The van der Waals surface area contributed by atoms with Crippen LogP contribution < -0.4 is 4.90 Å². The third-order valence-electron chi connectivity index (χ3n) is 2.67. The van der Waals surface area contributed by atoms with E-state index < -0.39 is 11.6 Å². The van der Waals surface area contributed by atoms with Crippen LogP contribution in [0, 0.1) is 0 Å². The molecule has 0 spiro atoms. The number of halogens is 1. The molecule has 1 aromatic heterocycles. The van der Waals surface area contributed by atoms with Gasteiger partial charge in [-0.3, -0.25) is 0 Å². The molecule has 1 aromatic rings. The maximum absolute atomic E-state index is 11.4. The van der Waals surface area contributed by atoms with Crippen LogP contribution in [0.2, 0.25) is 5.15 Å². The van der Waals surface area contributed by atoms with Gasteiger partial charge in [0.2, 0.25) is 0 Å². The van der Waals surface area contributed by atoms with Crippen LogP contribution in [0.3, 0.4) is 0 Å². The van der Waals surface area contributed by atoms with Gasteiger partial charge in [-0.1, -0.05) is 22.9 Å². The number of β-amino-alcohol motifs (C(OH)–C–C–N with tert-alkyl or cyclic N) is 1. The maximum Gasteiger partial charge on any atom is 0.351 e. The fraction of sp³-hybridized carbons (Fsp3) is 0.600. The van der Waals surface area contributed by atoms with Gasteiger partial charge in [0.15, 0.2) is 15.2 Å². The van der Waals surface area contributed by atoms with E-state index in [-0.39, 0.29) is 5.15 Å². The quantitative estimate of drug-likeness (QED) is 0.831. The average Bonchev–Trinajstić information content (AvgIpc) is 2.80. The summed E-state index contributed by atoms with van der Waals surface area (Å²) < 4.78 is 4.61. The lowest BCUT2D eigenvalue weighted by Crippen LogP contribution is -2.29. The van der Waals surface area contributed by atoms with Gasteiger partial charge in [-0.05, 0) is 13.3 Å².